The molecule has 0 fully saturated rings. The normalized spacial score (nSPS) is 7.11. The van der Waals surface area contributed by atoms with Gasteiger partial charge in [-0.25, -0.2) is 9.59 Å². The van der Waals surface area contributed by atoms with Gasteiger partial charge in [-0.3, -0.25) is 0 Å². The van der Waals surface area contributed by atoms with Gasteiger partial charge in [-0.05, 0) is 13.8 Å². The first-order valence-corrected chi connectivity index (χ1v) is 4.99. The molecule has 0 aliphatic rings. The summed E-state index contributed by atoms with van der Waals surface area (Å²) in [5.41, 5.74) is 0.866. The number of rotatable bonds is 3. The van der Waals surface area contributed by atoms with Crippen LogP contribution in [0.3, 0.4) is 0 Å². The first-order chi connectivity index (χ1) is 8.28. The Labute approximate surface area is 109 Å². The number of carbonyl (C=O) groups excluding carboxylic acids is 2. The van der Waals surface area contributed by atoms with E-state index in [0.717, 1.165) is 0 Å². The van der Waals surface area contributed by atoms with Crippen LogP contribution in [0.25, 0.3) is 0 Å². The number of allylic oxidation sites excluding steroid dienone is 2. The molecule has 0 atom stereocenters. The van der Waals surface area contributed by atoms with Crippen LogP contribution in [0.15, 0.2) is 49.6 Å². The fraction of sp³-hybridized carbons (Fsp3) is 0.286. The average Bonchev–Trinajstić information content (AvgIpc) is 2.37. The topological polar surface area (TPSA) is 52.6 Å². The third-order valence-electron chi connectivity index (χ3n) is 1.23. The van der Waals surface area contributed by atoms with Gasteiger partial charge in [0.2, 0.25) is 0 Å². The summed E-state index contributed by atoms with van der Waals surface area (Å²) in [6.07, 6.45) is 3.28. The lowest BCUT2D eigenvalue weighted by atomic mass is 10.4. The van der Waals surface area contributed by atoms with E-state index in [4.69, 9.17) is 0 Å². The molecule has 0 saturated carbocycles. The van der Waals surface area contributed by atoms with Crippen molar-refractivity contribution in [1.29, 1.82) is 0 Å². The van der Waals surface area contributed by atoms with Crippen molar-refractivity contribution in [2.75, 3.05) is 14.2 Å². The van der Waals surface area contributed by atoms with Gasteiger partial charge in [0.05, 0.1) is 14.2 Å². The van der Waals surface area contributed by atoms with Crippen LogP contribution in [0, 0.1) is 0 Å². The molecule has 0 rings (SSSR count). The number of ether oxygens (including phenoxy) is 2. The second-order valence-electron chi connectivity index (χ2n) is 3.02. The lowest BCUT2D eigenvalue weighted by molar-refractivity contribution is -0.136. The molecule has 0 aliphatic carbocycles. The summed E-state index contributed by atoms with van der Waals surface area (Å²) in [6, 6.07) is 0. The van der Waals surface area contributed by atoms with E-state index >= 15 is 0 Å². The van der Waals surface area contributed by atoms with Gasteiger partial charge in [0.1, 0.15) is 0 Å². The molecule has 0 aromatic carbocycles. The Hall–Kier alpha value is -2.10. The molecule has 0 N–H and O–H groups in total. The molecule has 0 radical (unpaired) electrons. The molecule has 0 aliphatic heterocycles. The minimum Gasteiger partial charge on any atom is -0.466 e. The molecule has 102 valence electrons. The van der Waals surface area contributed by atoms with Crippen LogP contribution < -0.4 is 0 Å². The van der Waals surface area contributed by atoms with Crippen molar-refractivity contribution < 1.29 is 19.1 Å². The van der Waals surface area contributed by atoms with E-state index < -0.39 is 0 Å². The van der Waals surface area contributed by atoms with Gasteiger partial charge in [0, 0.05) is 11.1 Å². The molecule has 0 heterocycles. The molecule has 0 saturated heterocycles. The quantitative estimate of drug-likeness (QED) is 0.441. The van der Waals surface area contributed by atoms with Crippen molar-refractivity contribution in [3.8, 4) is 0 Å². The van der Waals surface area contributed by atoms with Crippen molar-refractivity contribution in [2.45, 2.75) is 13.8 Å². The Balaban J connectivity index is -0.000000196. The number of hydrogen-bond acceptors (Lipinski definition) is 4. The van der Waals surface area contributed by atoms with E-state index in [1.165, 1.54) is 14.2 Å². The summed E-state index contributed by atoms with van der Waals surface area (Å²) < 4.78 is 8.55. The second-order valence-corrected chi connectivity index (χ2v) is 3.02. The van der Waals surface area contributed by atoms with E-state index in [1.54, 1.807) is 26.0 Å². The highest BCUT2D eigenvalue weighted by molar-refractivity contribution is 5.87. The van der Waals surface area contributed by atoms with E-state index in [2.05, 4.69) is 35.8 Å². The molecular weight excluding hydrogens is 232 g/mol. The predicted molar refractivity (Wildman–Crippen MR) is 74.1 cm³/mol. The molecule has 0 bridgehead atoms. The third-order valence-corrected chi connectivity index (χ3v) is 1.23. The minimum atomic E-state index is -0.347. The standard InChI is InChI=1S/2C5H8O2.C4H6/c2*1-4(2)5(6)7-3;1-3-4-2/h2*1H2,2-3H3;3-4H,1-2H2. The number of esters is 2. The van der Waals surface area contributed by atoms with Crippen LogP contribution in [-0.2, 0) is 19.1 Å². The monoisotopic (exact) mass is 254 g/mol. The van der Waals surface area contributed by atoms with E-state index in [9.17, 15) is 9.59 Å². The second kappa shape index (κ2) is 14.9. The Bertz CT molecular complexity index is 282. The molecule has 0 spiro atoms. The maximum absolute atomic E-state index is 10.2. The first-order valence-electron chi connectivity index (χ1n) is 4.99. The summed E-state index contributed by atoms with van der Waals surface area (Å²) in [5, 5.41) is 0. The zero-order valence-corrected chi connectivity index (χ0v) is 11.6. The van der Waals surface area contributed by atoms with E-state index in [0.29, 0.717) is 11.1 Å². The maximum atomic E-state index is 10.2. The van der Waals surface area contributed by atoms with Gasteiger partial charge in [0.25, 0.3) is 0 Å². The molecule has 18 heavy (non-hydrogen) atoms. The van der Waals surface area contributed by atoms with Gasteiger partial charge < -0.3 is 9.47 Å². The van der Waals surface area contributed by atoms with Crippen LogP contribution in [-0.4, -0.2) is 26.2 Å². The molecule has 0 amide bonds. The predicted octanol–water partition coefficient (Wildman–Crippen LogP) is 2.83. The highest BCUT2D eigenvalue weighted by Crippen LogP contribution is 1.87. The summed E-state index contributed by atoms with van der Waals surface area (Å²) in [5.74, 6) is -0.694. The summed E-state index contributed by atoms with van der Waals surface area (Å²) in [4.78, 5) is 20.4. The molecule has 4 heteroatoms. The molecule has 4 nitrogen and oxygen atoms in total. The Morgan fingerprint density at radius 1 is 0.833 bits per heavy atom. The lowest BCUT2D eigenvalue weighted by Crippen LogP contribution is -1.98. The first kappa shape index (κ1) is 21.2. The number of methoxy groups -OCH3 is 2. The number of carbonyl (C=O) groups is 2. The fourth-order valence-electron chi connectivity index (χ4n) is 0.348. The lowest BCUT2D eigenvalue weighted by Gasteiger charge is -1.91. The van der Waals surface area contributed by atoms with E-state index in [1.807, 2.05) is 0 Å². The highest BCUT2D eigenvalue weighted by atomic mass is 16.5. The van der Waals surface area contributed by atoms with Crippen molar-refractivity contribution in [2.24, 2.45) is 0 Å². The Kier molecular flexibility index (Phi) is 17.6. The van der Waals surface area contributed by atoms with Crippen LogP contribution >= 0.6 is 0 Å². The van der Waals surface area contributed by atoms with Gasteiger partial charge >= 0.3 is 11.9 Å². The molecule has 0 unspecified atom stereocenters. The van der Waals surface area contributed by atoms with Crippen molar-refractivity contribution in [3.63, 3.8) is 0 Å². The van der Waals surface area contributed by atoms with Crippen LogP contribution in [0.2, 0.25) is 0 Å². The zero-order valence-electron chi connectivity index (χ0n) is 11.6. The van der Waals surface area contributed by atoms with Gasteiger partial charge in [-0.2, -0.15) is 0 Å². The third kappa shape index (κ3) is 19.5. The average molecular weight is 254 g/mol. The molecule has 0 aromatic rings. The summed E-state index contributed by atoms with van der Waals surface area (Å²) in [7, 11) is 2.66. The summed E-state index contributed by atoms with van der Waals surface area (Å²) >= 11 is 0. The molecular formula is C14H22O4. The van der Waals surface area contributed by atoms with Crippen LogP contribution in [0.1, 0.15) is 13.8 Å². The Morgan fingerprint density at radius 2 is 1.06 bits per heavy atom. The van der Waals surface area contributed by atoms with E-state index in [-0.39, 0.29) is 11.9 Å². The van der Waals surface area contributed by atoms with Gasteiger partial charge in [-0.15, -0.1) is 0 Å². The van der Waals surface area contributed by atoms with Gasteiger partial charge in [0.15, 0.2) is 0 Å². The Morgan fingerprint density at radius 3 is 1.06 bits per heavy atom. The molecule has 0 aromatic heterocycles. The fourth-order valence-corrected chi connectivity index (χ4v) is 0.348. The largest absolute Gasteiger partial charge is 0.466 e. The van der Waals surface area contributed by atoms with Crippen LogP contribution in [0.5, 0.6) is 0 Å². The highest BCUT2D eigenvalue weighted by Gasteiger charge is 1.96. The van der Waals surface area contributed by atoms with Crippen molar-refractivity contribution in [1.82, 2.24) is 0 Å². The number of hydrogen-bond donors (Lipinski definition) is 0. The van der Waals surface area contributed by atoms with Gasteiger partial charge in [-0.1, -0.05) is 38.5 Å². The smallest absolute Gasteiger partial charge is 0.332 e. The minimum absolute atomic E-state index is 0.347. The zero-order chi connectivity index (χ0) is 15.1. The van der Waals surface area contributed by atoms with Crippen molar-refractivity contribution >= 4 is 11.9 Å². The maximum Gasteiger partial charge on any atom is 0.332 e. The van der Waals surface area contributed by atoms with Crippen LogP contribution in [0.4, 0.5) is 0 Å². The summed E-state index contributed by atoms with van der Waals surface area (Å²) in [6.45, 7) is 16.6. The van der Waals surface area contributed by atoms with Crippen molar-refractivity contribution in [3.05, 3.63) is 49.6 Å². The SMILES string of the molecule is C=C(C)C(=O)OC.C=C(C)C(=O)OC.C=CC=C.